The molecule has 0 spiro atoms. The van der Waals surface area contributed by atoms with E-state index in [2.05, 4.69) is 21.7 Å². The van der Waals surface area contributed by atoms with Crippen molar-refractivity contribution >= 4 is 16.8 Å². The van der Waals surface area contributed by atoms with Gasteiger partial charge in [-0.25, -0.2) is 0 Å². The standard InChI is InChI=1S/C15H19N3O/c1-2-8-18-15(19)11-16-10-12-7-9-17-14-6-4-3-5-13(12)14/h3-7,9,16H,2,8,10-11H2,1H3,(H,18,19). The van der Waals surface area contributed by atoms with Crippen LogP contribution < -0.4 is 10.6 Å². The predicted octanol–water partition coefficient (Wildman–Crippen LogP) is 1.85. The summed E-state index contributed by atoms with van der Waals surface area (Å²) in [6.07, 6.45) is 2.76. The Morgan fingerprint density at radius 3 is 2.95 bits per heavy atom. The van der Waals surface area contributed by atoms with Gasteiger partial charge in [-0.15, -0.1) is 0 Å². The van der Waals surface area contributed by atoms with Gasteiger partial charge < -0.3 is 10.6 Å². The van der Waals surface area contributed by atoms with E-state index in [4.69, 9.17) is 0 Å². The fraction of sp³-hybridized carbons (Fsp3) is 0.333. The monoisotopic (exact) mass is 257 g/mol. The largest absolute Gasteiger partial charge is 0.355 e. The van der Waals surface area contributed by atoms with E-state index in [-0.39, 0.29) is 5.91 Å². The highest BCUT2D eigenvalue weighted by atomic mass is 16.1. The van der Waals surface area contributed by atoms with E-state index in [0.29, 0.717) is 13.1 Å². The molecule has 100 valence electrons. The molecule has 0 bridgehead atoms. The number of carbonyl (C=O) groups is 1. The van der Waals surface area contributed by atoms with Crippen molar-refractivity contribution in [3.8, 4) is 0 Å². The second-order valence-electron chi connectivity index (χ2n) is 4.44. The lowest BCUT2D eigenvalue weighted by Crippen LogP contribution is -2.33. The molecule has 19 heavy (non-hydrogen) atoms. The second kappa shape index (κ2) is 6.85. The number of benzene rings is 1. The Kier molecular flexibility index (Phi) is 4.86. The third-order valence-corrected chi connectivity index (χ3v) is 2.91. The zero-order chi connectivity index (χ0) is 13.5. The molecule has 2 aromatic rings. The van der Waals surface area contributed by atoms with Crippen molar-refractivity contribution in [2.75, 3.05) is 13.1 Å². The molecule has 4 nitrogen and oxygen atoms in total. The molecule has 0 saturated carbocycles. The molecule has 0 aliphatic carbocycles. The normalized spacial score (nSPS) is 10.6. The minimum atomic E-state index is 0.0419. The lowest BCUT2D eigenvalue weighted by molar-refractivity contribution is -0.120. The molecule has 1 aromatic heterocycles. The molecule has 1 amide bonds. The van der Waals surface area contributed by atoms with E-state index in [1.807, 2.05) is 31.2 Å². The molecule has 1 aromatic carbocycles. The van der Waals surface area contributed by atoms with Crippen LogP contribution in [0.15, 0.2) is 36.5 Å². The van der Waals surface area contributed by atoms with Gasteiger partial charge in [0.05, 0.1) is 12.1 Å². The molecule has 4 heteroatoms. The van der Waals surface area contributed by atoms with Crippen LogP contribution in [0.25, 0.3) is 10.9 Å². The van der Waals surface area contributed by atoms with Crippen molar-refractivity contribution in [2.24, 2.45) is 0 Å². The molecule has 2 N–H and O–H groups in total. The summed E-state index contributed by atoms with van der Waals surface area (Å²) >= 11 is 0. The van der Waals surface area contributed by atoms with Gasteiger partial charge in [0.2, 0.25) is 5.91 Å². The summed E-state index contributed by atoms with van der Waals surface area (Å²) in [6.45, 7) is 3.79. The quantitative estimate of drug-likeness (QED) is 0.830. The lowest BCUT2D eigenvalue weighted by Gasteiger charge is -2.08. The van der Waals surface area contributed by atoms with Gasteiger partial charge in [-0.1, -0.05) is 25.1 Å². The van der Waals surface area contributed by atoms with Gasteiger partial charge in [0.25, 0.3) is 0 Å². The van der Waals surface area contributed by atoms with E-state index in [1.165, 1.54) is 0 Å². The van der Waals surface area contributed by atoms with E-state index in [9.17, 15) is 4.79 Å². The van der Waals surface area contributed by atoms with E-state index < -0.39 is 0 Å². The zero-order valence-electron chi connectivity index (χ0n) is 11.1. The van der Waals surface area contributed by atoms with Crippen LogP contribution in [0.1, 0.15) is 18.9 Å². The Bertz CT molecular complexity index is 549. The van der Waals surface area contributed by atoms with E-state index in [0.717, 1.165) is 29.4 Å². The number of amides is 1. The highest BCUT2D eigenvalue weighted by molar-refractivity contribution is 5.82. The zero-order valence-corrected chi connectivity index (χ0v) is 11.1. The first-order chi connectivity index (χ1) is 9.31. The van der Waals surface area contributed by atoms with Gasteiger partial charge >= 0.3 is 0 Å². The van der Waals surface area contributed by atoms with E-state index in [1.54, 1.807) is 6.20 Å². The summed E-state index contributed by atoms with van der Waals surface area (Å²) in [5.41, 5.74) is 2.14. The van der Waals surface area contributed by atoms with Crippen LogP contribution in [-0.4, -0.2) is 24.0 Å². The van der Waals surface area contributed by atoms with Crippen molar-refractivity contribution in [2.45, 2.75) is 19.9 Å². The second-order valence-corrected chi connectivity index (χ2v) is 4.44. The molecular formula is C15H19N3O. The van der Waals surface area contributed by atoms with Crippen LogP contribution >= 0.6 is 0 Å². The number of carbonyl (C=O) groups excluding carboxylic acids is 1. The summed E-state index contributed by atoms with van der Waals surface area (Å²) in [4.78, 5) is 15.8. The molecule has 0 fully saturated rings. The van der Waals surface area contributed by atoms with Crippen molar-refractivity contribution in [1.82, 2.24) is 15.6 Å². The summed E-state index contributed by atoms with van der Waals surface area (Å²) in [5.74, 6) is 0.0419. The number of nitrogens with zero attached hydrogens (tertiary/aromatic N) is 1. The molecular weight excluding hydrogens is 238 g/mol. The third kappa shape index (κ3) is 3.76. The van der Waals surface area contributed by atoms with Crippen LogP contribution in [0, 0.1) is 0 Å². The molecule has 0 unspecified atom stereocenters. The smallest absolute Gasteiger partial charge is 0.233 e. The first kappa shape index (κ1) is 13.5. The topological polar surface area (TPSA) is 54.0 Å². The fourth-order valence-electron chi connectivity index (χ4n) is 1.95. The van der Waals surface area contributed by atoms with Crippen molar-refractivity contribution in [3.05, 3.63) is 42.1 Å². The SMILES string of the molecule is CCCNC(=O)CNCc1ccnc2ccccc12. The Morgan fingerprint density at radius 2 is 2.11 bits per heavy atom. The van der Waals surface area contributed by atoms with Crippen LogP contribution in [0.3, 0.4) is 0 Å². The maximum atomic E-state index is 11.5. The van der Waals surface area contributed by atoms with Gasteiger partial charge in [0.15, 0.2) is 0 Å². The Hall–Kier alpha value is -1.94. The highest BCUT2D eigenvalue weighted by Gasteiger charge is 2.02. The van der Waals surface area contributed by atoms with Crippen molar-refractivity contribution < 1.29 is 4.79 Å². The molecule has 1 heterocycles. The predicted molar refractivity (Wildman–Crippen MR) is 76.8 cm³/mol. The van der Waals surface area contributed by atoms with Gasteiger partial charge in [0, 0.05) is 24.7 Å². The number of rotatable bonds is 6. The third-order valence-electron chi connectivity index (χ3n) is 2.91. The molecule has 0 radical (unpaired) electrons. The van der Waals surface area contributed by atoms with Crippen LogP contribution in [0.2, 0.25) is 0 Å². The number of hydrogen-bond acceptors (Lipinski definition) is 3. The molecule has 0 saturated heterocycles. The first-order valence-corrected chi connectivity index (χ1v) is 6.61. The summed E-state index contributed by atoms with van der Waals surface area (Å²) in [6, 6.07) is 10.0. The van der Waals surface area contributed by atoms with Crippen LogP contribution in [0.4, 0.5) is 0 Å². The fourth-order valence-corrected chi connectivity index (χ4v) is 1.95. The number of pyridine rings is 1. The van der Waals surface area contributed by atoms with Crippen LogP contribution in [-0.2, 0) is 11.3 Å². The van der Waals surface area contributed by atoms with Crippen molar-refractivity contribution in [1.29, 1.82) is 0 Å². The van der Waals surface area contributed by atoms with Gasteiger partial charge in [-0.2, -0.15) is 0 Å². The number of hydrogen-bond donors (Lipinski definition) is 2. The highest BCUT2D eigenvalue weighted by Crippen LogP contribution is 2.15. The van der Waals surface area contributed by atoms with Gasteiger partial charge in [0.1, 0.15) is 0 Å². The van der Waals surface area contributed by atoms with Gasteiger partial charge in [-0.3, -0.25) is 9.78 Å². The maximum absolute atomic E-state index is 11.5. The Balaban J connectivity index is 1.93. The maximum Gasteiger partial charge on any atom is 0.233 e. The minimum absolute atomic E-state index is 0.0419. The molecule has 0 aliphatic rings. The van der Waals surface area contributed by atoms with E-state index >= 15 is 0 Å². The summed E-state index contributed by atoms with van der Waals surface area (Å²) in [7, 11) is 0. The van der Waals surface area contributed by atoms with Crippen molar-refractivity contribution in [3.63, 3.8) is 0 Å². The summed E-state index contributed by atoms with van der Waals surface area (Å²) in [5, 5.41) is 7.14. The molecule has 0 atom stereocenters. The Labute approximate surface area is 113 Å². The molecule has 2 rings (SSSR count). The number of fused-ring (bicyclic) bond motifs is 1. The molecule has 0 aliphatic heterocycles. The lowest BCUT2D eigenvalue weighted by atomic mass is 10.1. The average molecular weight is 257 g/mol. The Morgan fingerprint density at radius 1 is 1.26 bits per heavy atom. The first-order valence-electron chi connectivity index (χ1n) is 6.61. The number of aromatic nitrogens is 1. The minimum Gasteiger partial charge on any atom is -0.355 e. The number of nitrogens with one attached hydrogen (secondary N) is 2. The summed E-state index contributed by atoms with van der Waals surface area (Å²) < 4.78 is 0. The van der Waals surface area contributed by atoms with Crippen LogP contribution in [0.5, 0.6) is 0 Å². The number of para-hydroxylation sites is 1. The average Bonchev–Trinajstić information content (AvgIpc) is 2.45. The van der Waals surface area contributed by atoms with Gasteiger partial charge in [-0.05, 0) is 24.1 Å².